The van der Waals surface area contributed by atoms with Gasteiger partial charge < -0.3 is 14.5 Å². The van der Waals surface area contributed by atoms with Crippen molar-refractivity contribution in [2.75, 3.05) is 37.7 Å². The quantitative estimate of drug-likeness (QED) is 0.836. The lowest BCUT2D eigenvalue weighted by molar-refractivity contribution is 0.242. The molecule has 2 aliphatic rings. The molecule has 1 atom stereocenters. The molecule has 0 spiro atoms. The van der Waals surface area contributed by atoms with E-state index in [0.29, 0.717) is 19.1 Å². The highest BCUT2D eigenvalue weighted by molar-refractivity contribution is 5.35. The van der Waals surface area contributed by atoms with E-state index in [0.717, 1.165) is 43.8 Å². The third kappa shape index (κ3) is 3.58. The summed E-state index contributed by atoms with van der Waals surface area (Å²) in [6, 6.07) is 3.16. The normalized spacial score (nSPS) is 19.3. The Labute approximate surface area is 148 Å². The molecule has 1 saturated heterocycles. The molecule has 1 aromatic heterocycles. The van der Waals surface area contributed by atoms with Gasteiger partial charge in [0.25, 0.3) is 0 Å². The SMILES string of the molecule is Fc1cnc(N2CCN3C[C@@H](COc4cc(F)cc(F)c4)C=C3C2)nc1. The van der Waals surface area contributed by atoms with Crippen molar-refractivity contribution in [2.24, 2.45) is 5.92 Å². The van der Waals surface area contributed by atoms with Crippen LogP contribution in [0.1, 0.15) is 0 Å². The summed E-state index contributed by atoms with van der Waals surface area (Å²) in [7, 11) is 0. The van der Waals surface area contributed by atoms with Gasteiger partial charge in [0.15, 0.2) is 5.82 Å². The second-order valence-corrected chi connectivity index (χ2v) is 6.40. The Morgan fingerprint density at radius 1 is 0.962 bits per heavy atom. The van der Waals surface area contributed by atoms with Gasteiger partial charge in [-0.15, -0.1) is 0 Å². The van der Waals surface area contributed by atoms with Crippen LogP contribution in [0.3, 0.4) is 0 Å². The average Bonchev–Trinajstić information content (AvgIpc) is 3.02. The Morgan fingerprint density at radius 3 is 2.38 bits per heavy atom. The number of anilines is 1. The van der Waals surface area contributed by atoms with Crippen LogP contribution in [0, 0.1) is 23.4 Å². The summed E-state index contributed by atoms with van der Waals surface area (Å²) in [4.78, 5) is 12.3. The molecule has 0 unspecified atom stereocenters. The second kappa shape index (κ2) is 6.86. The van der Waals surface area contributed by atoms with Crippen molar-refractivity contribution in [3.8, 4) is 5.75 Å². The second-order valence-electron chi connectivity index (χ2n) is 6.40. The zero-order valence-corrected chi connectivity index (χ0v) is 13.9. The number of piperazine rings is 1. The van der Waals surface area contributed by atoms with Gasteiger partial charge in [0.2, 0.25) is 5.95 Å². The van der Waals surface area contributed by atoms with Gasteiger partial charge in [0.05, 0.1) is 25.5 Å². The number of nitrogens with zero attached hydrogens (tertiary/aromatic N) is 4. The summed E-state index contributed by atoms with van der Waals surface area (Å²) in [5.41, 5.74) is 1.13. The highest BCUT2D eigenvalue weighted by Crippen LogP contribution is 2.26. The number of ether oxygens (including phenoxy) is 1. The monoisotopic (exact) mass is 362 g/mol. The Kier molecular flexibility index (Phi) is 4.40. The van der Waals surface area contributed by atoms with Gasteiger partial charge in [-0.05, 0) is 0 Å². The number of hydrogen-bond donors (Lipinski definition) is 0. The molecule has 0 amide bonds. The number of hydrogen-bond acceptors (Lipinski definition) is 5. The van der Waals surface area contributed by atoms with E-state index in [1.807, 2.05) is 4.90 Å². The van der Waals surface area contributed by atoms with Crippen molar-refractivity contribution in [3.05, 3.63) is 59.8 Å². The van der Waals surface area contributed by atoms with Crippen LogP contribution >= 0.6 is 0 Å². The molecule has 4 rings (SSSR count). The van der Waals surface area contributed by atoms with E-state index in [4.69, 9.17) is 4.74 Å². The molecule has 0 aliphatic carbocycles. The topological polar surface area (TPSA) is 41.5 Å². The minimum atomic E-state index is -0.655. The maximum atomic E-state index is 13.2. The van der Waals surface area contributed by atoms with Crippen LogP contribution in [0.25, 0.3) is 0 Å². The van der Waals surface area contributed by atoms with Gasteiger partial charge in [-0.25, -0.2) is 23.1 Å². The first-order valence-corrected chi connectivity index (χ1v) is 8.34. The molecule has 26 heavy (non-hydrogen) atoms. The molecule has 0 N–H and O–H groups in total. The molecule has 0 radical (unpaired) electrons. The van der Waals surface area contributed by atoms with Crippen molar-refractivity contribution < 1.29 is 17.9 Å². The minimum absolute atomic E-state index is 0.130. The average molecular weight is 362 g/mol. The summed E-state index contributed by atoms with van der Waals surface area (Å²) in [5, 5.41) is 0. The molecule has 1 aromatic carbocycles. The Balaban J connectivity index is 1.39. The van der Waals surface area contributed by atoms with Crippen LogP contribution in [0.2, 0.25) is 0 Å². The smallest absolute Gasteiger partial charge is 0.225 e. The summed E-state index contributed by atoms with van der Waals surface area (Å²) < 4.78 is 45.0. The Bertz CT molecular complexity index is 807. The first kappa shape index (κ1) is 16.7. The summed E-state index contributed by atoms with van der Waals surface area (Å²) >= 11 is 0. The van der Waals surface area contributed by atoms with Gasteiger partial charge in [-0.1, -0.05) is 6.08 Å². The first-order valence-electron chi connectivity index (χ1n) is 8.34. The van der Waals surface area contributed by atoms with E-state index in [1.165, 1.54) is 12.1 Å². The highest BCUT2D eigenvalue weighted by atomic mass is 19.1. The third-order valence-electron chi connectivity index (χ3n) is 4.47. The maximum absolute atomic E-state index is 13.2. The van der Waals surface area contributed by atoms with E-state index >= 15 is 0 Å². The van der Waals surface area contributed by atoms with E-state index in [1.54, 1.807) is 0 Å². The molecule has 3 heterocycles. The van der Waals surface area contributed by atoms with E-state index in [2.05, 4.69) is 20.9 Å². The molecule has 2 aromatic rings. The van der Waals surface area contributed by atoms with Gasteiger partial charge in [-0.3, -0.25) is 0 Å². The van der Waals surface area contributed by atoms with E-state index in [-0.39, 0.29) is 11.7 Å². The standard InChI is InChI=1S/C18H17F3N4O/c19-13-4-14(20)6-17(5-13)26-11-12-3-16-10-25(2-1-24(16)9-12)18-22-7-15(21)8-23-18/h3-8,12H,1-2,9-11H2/t12-/m0/s1. The largest absolute Gasteiger partial charge is 0.493 e. The fourth-order valence-electron chi connectivity index (χ4n) is 3.29. The molecule has 0 saturated carbocycles. The van der Waals surface area contributed by atoms with Crippen LogP contribution in [-0.2, 0) is 0 Å². The van der Waals surface area contributed by atoms with Gasteiger partial charge >= 0.3 is 0 Å². The number of halogens is 3. The van der Waals surface area contributed by atoms with Crippen LogP contribution in [0.4, 0.5) is 19.1 Å². The van der Waals surface area contributed by atoms with Gasteiger partial charge in [-0.2, -0.15) is 0 Å². The molecule has 2 aliphatic heterocycles. The fourth-order valence-corrected chi connectivity index (χ4v) is 3.29. The van der Waals surface area contributed by atoms with Crippen molar-refractivity contribution in [1.29, 1.82) is 0 Å². The predicted molar refractivity (Wildman–Crippen MR) is 89.2 cm³/mol. The molecule has 1 fully saturated rings. The lowest BCUT2D eigenvalue weighted by Gasteiger charge is -2.35. The molecule has 136 valence electrons. The Morgan fingerprint density at radius 2 is 1.65 bits per heavy atom. The van der Waals surface area contributed by atoms with E-state index < -0.39 is 17.5 Å². The summed E-state index contributed by atoms with van der Waals surface area (Å²) in [6.07, 6.45) is 4.42. The van der Waals surface area contributed by atoms with E-state index in [9.17, 15) is 13.2 Å². The van der Waals surface area contributed by atoms with Crippen LogP contribution in [0.15, 0.2) is 42.4 Å². The number of rotatable bonds is 4. The molecule has 0 bridgehead atoms. The summed E-state index contributed by atoms with van der Waals surface area (Å²) in [5.74, 6) is -0.952. The van der Waals surface area contributed by atoms with Crippen molar-refractivity contribution in [2.45, 2.75) is 0 Å². The Hall–Kier alpha value is -2.77. The van der Waals surface area contributed by atoms with Gasteiger partial charge in [0.1, 0.15) is 17.4 Å². The maximum Gasteiger partial charge on any atom is 0.225 e. The third-order valence-corrected chi connectivity index (χ3v) is 4.47. The molecular weight excluding hydrogens is 345 g/mol. The first-order chi connectivity index (χ1) is 12.6. The number of benzene rings is 1. The van der Waals surface area contributed by atoms with Crippen LogP contribution in [0.5, 0.6) is 5.75 Å². The zero-order chi connectivity index (χ0) is 18.1. The number of aromatic nitrogens is 2. The predicted octanol–water partition coefficient (Wildman–Crippen LogP) is 2.61. The summed E-state index contributed by atoms with van der Waals surface area (Å²) in [6.45, 7) is 3.32. The lowest BCUT2D eigenvalue weighted by Crippen LogP contribution is -2.44. The highest BCUT2D eigenvalue weighted by Gasteiger charge is 2.29. The van der Waals surface area contributed by atoms with Crippen molar-refractivity contribution in [3.63, 3.8) is 0 Å². The molecule has 8 heteroatoms. The fraction of sp³-hybridized carbons (Fsp3) is 0.333. The molecule has 5 nitrogen and oxygen atoms in total. The van der Waals surface area contributed by atoms with Crippen molar-refractivity contribution in [1.82, 2.24) is 14.9 Å². The zero-order valence-electron chi connectivity index (χ0n) is 13.9. The van der Waals surface area contributed by atoms with Crippen LogP contribution in [-0.4, -0.2) is 47.7 Å². The molecular formula is C18H17F3N4O. The minimum Gasteiger partial charge on any atom is -0.493 e. The van der Waals surface area contributed by atoms with Crippen LogP contribution < -0.4 is 9.64 Å². The number of fused-ring (bicyclic) bond motifs is 1. The lowest BCUT2D eigenvalue weighted by atomic mass is 10.2. The van der Waals surface area contributed by atoms with Gasteiger partial charge in [0, 0.05) is 49.4 Å². The van der Waals surface area contributed by atoms with Crippen molar-refractivity contribution >= 4 is 5.95 Å².